The van der Waals surface area contributed by atoms with Crippen molar-refractivity contribution in [1.29, 1.82) is 0 Å². The first-order valence-electron chi connectivity index (χ1n) is 7.66. The molecule has 7 heteroatoms. The smallest absolute Gasteiger partial charge is 0.276 e. The molecule has 1 amide bonds. The Hall–Kier alpha value is -2.99. The van der Waals surface area contributed by atoms with Crippen molar-refractivity contribution in [3.05, 3.63) is 76.7 Å². The van der Waals surface area contributed by atoms with Crippen LogP contribution in [0.2, 0.25) is 5.02 Å². The zero-order chi connectivity index (χ0) is 17.6. The summed E-state index contributed by atoms with van der Waals surface area (Å²) in [6.45, 7) is 2.48. The number of pyridine rings is 1. The lowest BCUT2D eigenvalue weighted by atomic mass is 10.2. The van der Waals surface area contributed by atoms with Crippen molar-refractivity contribution in [3.63, 3.8) is 0 Å². The van der Waals surface area contributed by atoms with E-state index >= 15 is 0 Å². The van der Waals surface area contributed by atoms with Gasteiger partial charge in [0.25, 0.3) is 5.91 Å². The van der Waals surface area contributed by atoms with Gasteiger partial charge in [0, 0.05) is 29.6 Å². The van der Waals surface area contributed by atoms with Crippen LogP contribution in [0.25, 0.3) is 0 Å². The minimum Gasteiger partial charge on any atom is -0.364 e. The molecule has 6 nitrogen and oxygen atoms in total. The lowest BCUT2D eigenvalue weighted by Gasteiger charge is -2.07. The predicted molar refractivity (Wildman–Crippen MR) is 97.7 cm³/mol. The summed E-state index contributed by atoms with van der Waals surface area (Å²) in [5.41, 5.74) is 2.82. The molecule has 0 unspecified atom stereocenters. The van der Waals surface area contributed by atoms with Gasteiger partial charge in [-0.05, 0) is 48.4 Å². The molecule has 0 saturated carbocycles. The van der Waals surface area contributed by atoms with Crippen LogP contribution in [-0.2, 0) is 6.54 Å². The summed E-state index contributed by atoms with van der Waals surface area (Å²) >= 11 is 6.06. The van der Waals surface area contributed by atoms with E-state index in [4.69, 9.17) is 11.6 Å². The van der Waals surface area contributed by atoms with Crippen LogP contribution >= 0.6 is 11.6 Å². The molecule has 0 aliphatic carbocycles. The molecule has 2 heterocycles. The van der Waals surface area contributed by atoms with Crippen molar-refractivity contribution in [3.8, 4) is 0 Å². The normalized spacial score (nSPS) is 10.3. The number of aromatic nitrogens is 3. The molecule has 0 aliphatic heterocycles. The Labute approximate surface area is 150 Å². The molecule has 1 aromatic carbocycles. The molecule has 0 radical (unpaired) electrons. The molecular weight excluding hydrogens is 338 g/mol. The lowest BCUT2D eigenvalue weighted by Crippen LogP contribution is -2.15. The van der Waals surface area contributed by atoms with E-state index in [-0.39, 0.29) is 11.6 Å². The van der Waals surface area contributed by atoms with Gasteiger partial charge in [-0.1, -0.05) is 23.7 Å². The highest BCUT2D eigenvalue weighted by Crippen LogP contribution is 2.20. The van der Waals surface area contributed by atoms with Crippen molar-refractivity contribution in [1.82, 2.24) is 15.2 Å². The summed E-state index contributed by atoms with van der Waals surface area (Å²) < 4.78 is 0. The van der Waals surface area contributed by atoms with Gasteiger partial charge in [-0.25, -0.2) is 0 Å². The van der Waals surface area contributed by atoms with Gasteiger partial charge in [0.2, 0.25) is 0 Å². The predicted octanol–water partition coefficient (Wildman–Crippen LogP) is 3.70. The van der Waals surface area contributed by atoms with Crippen LogP contribution in [0.4, 0.5) is 11.5 Å². The molecule has 0 aliphatic rings. The summed E-state index contributed by atoms with van der Waals surface area (Å²) in [7, 11) is 0. The third-order valence-electron chi connectivity index (χ3n) is 3.52. The molecule has 3 rings (SSSR count). The zero-order valence-electron chi connectivity index (χ0n) is 13.5. The second kappa shape index (κ2) is 7.72. The molecule has 0 spiro atoms. The number of nitrogens with one attached hydrogen (secondary N) is 2. The number of anilines is 2. The van der Waals surface area contributed by atoms with Gasteiger partial charge < -0.3 is 10.6 Å². The minimum atomic E-state index is -0.341. The Morgan fingerprint density at radius 3 is 2.72 bits per heavy atom. The standard InChI is InChI=1S/C18H16ClN5O/c1-12-4-5-14(9-15(12)19)22-18(25)16-6-7-17(24-23-16)21-11-13-3-2-8-20-10-13/h2-10H,11H2,1H3,(H,21,24)(H,22,25). The third kappa shape index (κ3) is 4.51. The van der Waals surface area contributed by atoms with Crippen LogP contribution in [-0.4, -0.2) is 21.1 Å². The topological polar surface area (TPSA) is 79.8 Å². The maximum Gasteiger partial charge on any atom is 0.276 e. The Balaban J connectivity index is 1.61. The van der Waals surface area contributed by atoms with E-state index < -0.39 is 0 Å². The number of carbonyl (C=O) groups excluding carboxylic acids is 1. The van der Waals surface area contributed by atoms with Crippen molar-refractivity contribution in [2.45, 2.75) is 13.5 Å². The second-order valence-electron chi connectivity index (χ2n) is 5.44. The van der Waals surface area contributed by atoms with Gasteiger partial charge in [0.05, 0.1) is 0 Å². The summed E-state index contributed by atoms with van der Waals surface area (Å²) in [5.74, 6) is 0.241. The number of nitrogens with zero attached hydrogens (tertiary/aromatic N) is 3. The third-order valence-corrected chi connectivity index (χ3v) is 3.93. The van der Waals surface area contributed by atoms with Crippen LogP contribution in [0.15, 0.2) is 54.9 Å². The monoisotopic (exact) mass is 353 g/mol. The van der Waals surface area contributed by atoms with E-state index in [1.54, 1.807) is 36.7 Å². The van der Waals surface area contributed by atoms with E-state index in [0.717, 1.165) is 11.1 Å². The quantitative estimate of drug-likeness (QED) is 0.731. The van der Waals surface area contributed by atoms with Crippen molar-refractivity contribution >= 4 is 29.0 Å². The SMILES string of the molecule is Cc1ccc(NC(=O)c2ccc(NCc3cccnc3)nn2)cc1Cl. The molecule has 0 saturated heterocycles. The Kier molecular flexibility index (Phi) is 5.20. The summed E-state index contributed by atoms with van der Waals surface area (Å²) in [6.07, 6.45) is 3.49. The fourth-order valence-corrected chi connectivity index (χ4v) is 2.29. The highest BCUT2D eigenvalue weighted by Gasteiger charge is 2.09. The van der Waals surface area contributed by atoms with Crippen molar-refractivity contribution < 1.29 is 4.79 Å². The first-order chi connectivity index (χ1) is 12.1. The summed E-state index contributed by atoms with van der Waals surface area (Å²) in [4.78, 5) is 16.3. The van der Waals surface area contributed by atoms with E-state index in [0.29, 0.717) is 23.1 Å². The van der Waals surface area contributed by atoms with E-state index in [1.165, 1.54) is 0 Å². The van der Waals surface area contributed by atoms with Crippen molar-refractivity contribution in [2.24, 2.45) is 0 Å². The zero-order valence-corrected chi connectivity index (χ0v) is 14.3. The first-order valence-corrected chi connectivity index (χ1v) is 8.03. The maximum atomic E-state index is 12.2. The van der Waals surface area contributed by atoms with Crippen LogP contribution in [0.5, 0.6) is 0 Å². The number of aryl methyl sites for hydroxylation is 1. The number of amides is 1. The number of rotatable bonds is 5. The van der Waals surface area contributed by atoms with Crippen molar-refractivity contribution in [2.75, 3.05) is 10.6 Å². The molecule has 0 bridgehead atoms. The Morgan fingerprint density at radius 1 is 1.16 bits per heavy atom. The molecule has 2 N–H and O–H groups in total. The van der Waals surface area contributed by atoms with Gasteiger partial charge >= 0.3 is 0 Å². The largest absolute Gasteiger partial charge is 0.364 e. The van der Waals surface area contributed by atoms with E-state index in [9.17, 15) is 4.79 Å². The van der Waals surface area contributed by atoms with Crippen LogP contribution < -0.4 is 10.6 Å². The maximum absolute atomic E-state index is 12.2. The number of hydrogen-bond acceptors (Lipinski definition) is 5. The molecule has 3 aromatic rings. The average molecular weight is 354 g/mol. The average Bonchev–Trinajstić information content (AvgIpc) is 2.64. The van der Waals surface area contributed by atoms with Gasteiger partial charge in [-0.15, -0.1) is 10.2 Å². The Morgan fingerprint density at radius 2 is 2.04 bits per heavy atom. The molecule has 25 heavy (non-hydrogen) atoms. The highest BCUT2D eigenvalue weighted by molar-refractivity contribution is 6.31. The number of benzene rings is 1. The van der Waals surface area contributed by atoms with E-state index in [2.05, 4.69) is 25.8 Å². The molecule has 0 atom stereocenters. The molecule has 2 aromatic heterocycles. The number of carbonyl (C=O) groups is 1. The second-order valence-corrected chi connectivity index (χ2v) is 5.84. The van der Waals surface area contributed by atoms with Crippen LogP contribution in [0.1, 0.15) is 21.6 Å². The van der Waals surface area contributed by atoms with Gasteiger partial charge in [-0.2, -0.15) is 0 Å². The number of hydrogen-bond donors (Lipinski definition) is 2. The molecule has 0 fully saturated rings. The van der Waals surface area contributed by atoms with E-state index in [1.807, 2.05) is 25.1 Å². The van der Waals surface area contributed by atoms with Crippen LogP contribution in [0.3, 0.4) is 0 Å². The molecular formula is C18H16ClN5O. The lowest BCUT2D eigenvalue weighted by molar-refractivity contribution is 0.102. The van der Waals surface area contributed by atoms with Gasteiger partial charge in [0.15, 0.2) is 5.69 Å². The number of halogens is 1. The fourth-order valence-electron chi connectivity index (χ4n) is 2.11. The van der Waals surface area contributed by atoms with Crippen LogP contribution in [0, 0.1) is 6.92 Å². The van der Waals surface area contributed by atoms with Gasteiger partial charge in [-0.3, -0.25) is 9.78 Å². The minimum absolute atomic E-state index is 0.226. The Bertz CT molecular complexity index is 868. The molecule has 126 valence electrons. The first kappa shape index (κ1) is 16.9. The van der Waals surface area contributed by atoms with Gasteiger partial charge in [0.1, 0.15) is 5.82 Å². The highest BCUT2D eigenvalue weighted by atomic mass is 35.5. The summed E-state index contributed by atoms with van der Waals surface area (Å²) in [6, 6.07) is 12.5. The summed E-state index contributed by atoms with van der Waals surface area (Å²) in [5, 5.41) is 14.4. The fraction of sp³-hybridized carbons (Fsp3) is 0.111.